The molecule has 2 N–H and O–H groups in total. The van der Waals surface area contributed by atoms with Crippen LogP contribution in [0.15, 0.2) is 47.4 Å². The van der Waals surface area contributed by atoms with Crippen molar-refractivity contribution >= 4 is 33.2 Å². The average molecular weight is 497 g/mol. The predicted octanol–water partition coefficient (Wildman–Crippen LogP) is 3.41. The van der Waals surface area contributed by atoms with Gasteiger partial charge in [-0.3, -0.25) is 0 Å². The van der Waals surface area contributed by atoms with Gasteiger partial charge >= 0.3 is 18.2 Å². The molecule has 0 aliphatic carbocycles. The molecule has 12 heteroatoms. The number of amides is 2. The fourth-order valence-corrected chi connectivity index (χ4v) is 5.23. The molecule has 2 saturated heterocycles. The number of nitrogens with one attached hydrogen (secondary N) is 1. The zero-order valence-corrected chi connectivity index (χ0v) is 18.9. The number of urea groups is 1. The molecule has 182 valence electrons. The second-order valence-electron chi connectivity index (χ2n) is 8.56. The van der Waals surface area contributed by atoms with Gasteiger partial charge in [0.05, 0.1) is 21.7 Å². The van der Waals surface area contributed by atoms with E-state index in [2.05, 4.69) is 5.32 Å². The molecule has 0 radical (unpaired) electrons. The molecule has 2 heterocycles. The van der Waals surface area contributed by atoms with Gasteiger partial charge < -0.3 is 20.2 Å². The molecule has 34 heavy (non-hydrogen) atoms. The monoisotopic (exact) mass is 497 g/mol. The Labute approximate surface area is 193 Å². The van der Waals surface area contributed by atoms with Crippen molar-refractivity contribution in [2.45, 2.75) is 11.1 Å². The van der Waals surface area contributed by atoms with Gasteiger partial charge in [-0.1, -0.05) is 12.1 Å². The first kappa shape index (κ1) is 23.9. The summed E-state index contributed by atoms with van der Waals surface area (Å²) in [5.41, 5.74) is -0.964. The van der Waals surface area contributed by atoms with Crippen LogP contribution in [0.25, 0.3) is 0 Å². The molecular formula is C22H22F3N3O5S. The van der Waals surface area contributed by atoms with Crippen LogP contribution in [-0.4, -0.2) is 62.9 Å². The summed E-state index contributed by atoms with van der Waals surface area (Å²) >= 11 is 0. The molecule has 2 aliphatic heterocycles. The minimum atomic E-state index is -4.46. The lowest BCUT2D eigenvalue weighted by molar-refractivity contribution is -0.137. The van der Waals surface area contributed by atoms with Gasteiger partial charge in [-0.2, -0.15) is 13.2 Å². The first-order valence-corrected chi connectivity index (χ1v) is 12.3. The minimum absolute atomic E-state index is 0.0291. The number of benzene rings is 2. The van der Waals surface area contributed by atoms with Crippen LogP contribution < -0.4 is 10.2 Å². The van der Waals surface area contributed by atoms with Crippen LogP contribution in [0.4, 0.5) is 29.3 Å². The lowest BCUT2D eigenvalue weighted by atomic mass is 10.0. The van der Waals surface area contributed by atoms with Crippen LogP contribution >= 0.6 is 0 Å². The normalized spacial score (nSPS) is 20.4. The van der Waals surface area contributed by atoms with Gasteiger partial charge in [-0.05, 0) is 30.3 Å². The van der Waals surface area contributed by atoms with Crippen molar-refractivity contribution in [3.63, 3.8) is 0 Å². The summed E-state index contributed by atoms with van der Waals surface area (Å²) in [6, 6.07) is 8.29. The number of alkyl halides is 3. The maximum Gasteiger partial charge on any atom is 0.418 e. The van der Waals surface area contributed by atoms with Crippen LogP contribution in [0.2, 0.25) is 0 Å². The number of carboxylic acids is 1. The van der Waals surface area contributed by atoms with Crippen LogP contribution in [0.5, 0.6) is 0 Å². The van der Waals surface area contributed by atoms with Gasteiger partial charge in [0.25, 0.3) is 0 Å². The van der Waals surface area contributed by atoms with E-state index in [9.17, 15) is 36.3 Å². The number of likely N-dealkylation sites (tertiary alicyclic amines) is 1. The molecule has 0 aromatic heterocycles. The molecule has 8 nitrogen and oxygen atoms in total. The van der Waals surface area contributed by atoms with Crippen LogP contribution in [0.3, 0.4) is 0 Å². The summed E-state index contributed by atoms with van der Waals surface area (Å²) in [4.78, 5) is 27.4. The first-order chi connectivity index (χ1) is 15.8. The zero-order chi connectivity index (χ0) is 24.8. The van der Waals surface area contributed by atoms with Crippen molar-refractivity contribution in [2.24, 2.45) is 11.8 Å². The Morgan fingerprint density at radius 2 is 1.65 bits per heavy atom. The van der Waals surface area contributed by atoms with E-state index >= 15 is 0 Å². The Balaban J connectivity index is 1.45. The lowest BCUT2D eigenvalue weighted by Crippen LogP contribution is -2.36. The predicted molar refractivity (Wildman–Crippen MR) is 118 cm³/mol. The van der Waals surface area contributed by atoms with Crippen molar-refractivity contribution in [3.8, 4) is 0 Å². The van der Waals surface area contributed by atoms with E-state index in [0.717, 1.165) is 18.4 Å². The highest BCUT2D eigenvalue weighted by atomic mass is 32.2. The number of carboxylic acid groups (broad SMARTS) is 1. The van der Waals surface area contributed by atoms with Gasteiger partial charge in [-0.25, -0.2) is 18.0 Å². The second kappa shape index (κ2) is 8.49. The SMILES string of the molecule is CS(=O)(=O)c1ccc(NC(=O)N2C[C@@H]3CN(c4ccccc4C(F)(F)F)C[C@@H]3C2)c(C(=O)O)c1. The molecule has 2 amide bonds. The fraction of sp³-hybridized carbons (Fsp3) is 0.364. The Morgan fingerprint density at radius 3 is 2.21 bits per heavy atom. The Bertz CT molecular complexity index is 1230. The fourth-order valence-electron chi connectivity index (χ4n) is 4.58. The summed E-state index contributed by atoms with van der Waals surface area (Å²) in [7, 11) is -3.63. The Hall–Kier alpha value is -3.28. The third-order valence-electron chi connectivity index (χ3n) is 6.21. The molecule has 2 aliphatic rings. The van der Waals surface area contributed by atoms with Crippen molar-refractivity contribution < 1.29 is 36.3 Å². The van der Waals surface area contributed by atoms with Gasteiger partial charge in [0.15, 0.2) is 9.84 Å². The van der Waals surface area contributed by atoms with Gasteiger partial charge in [-0.15, -0.1) is 0 Å². The number of nitrogens with zero attached hydrogens (tertiary/aromatic N) is 2. The molecule has 0 saturated carbocycles. The summed E-state index contributed by atoms with van der Waals surface area (Å²) in [5, 5.41) is 12.0. The summed E-state index contributed by atoms with van der Waals surface area (Å²) in [6.07, 6.45) is -3.51. The number of halogens is 3. The molecule has 2 aromatic rings. The molecule has 2 fully saturated rings. The van der Waals surface area contributed by atoms with E-state index in [-0.39, 0.29) is 33.7 Å². The Morgan fingerprint density at radius 1 is 1.03 bits per heavy atom. The van der Waals surface area contributed by atoms with E-state index in [0.29, 0.717) is 26.2 Å². The van der Waals surface area contributed by atoms with Crippen molar-refractivity contribution in [2.75, 3.05) is 42.7 Å². The van der Waals surface area contributed by atoms with E-state index in [4.69, 9.17) is 0 Å². The first-order valence-electron chi connectivity index (χ1n) is 10.4. The molecule has 0 spiro atoms. The highest BCUT2D eigenvalue weighted by Crippen LogP contribution is 2.40. The number of aromatic carboxylic acids is 1. The number of carbonyl (C=O) groups is 2. The topological polar surface area (TPSA) is 107 Å². The van der Waals surface area contributed by atoms with E-state index in [1.165, 1.54) is 29.2 Å². The summed E-state index contributed by atoms with van der Waals surface area (Å²) < 4.78 is 63.6. The van der Waals surface area contributed by atoms with Crippen molar-refractivity contribution in [1.29, 1.82) is 0 Å². The number of anilines is 2. The van der Waals surface area contributed by atoms with E-state index in [1.807, 2.05) is 0 Å². The van der Waals surface area contributed by atoms with Gasteiger partial charge in [0, 0.05) is 50.0 Å². The van der Waals surface area contributed by atoms with E-state index in [1.54, 1.807) is 11.0 Å². The molecule has 2 atom stereocenters. The highest BCUT2D eigenvalue weighted by Gasteiger charge is 2.44. The van der Waals surface area contributed by atoms with Crippen molar-refractivity contribution in [1.82, 2.24) is 4.90 Å². The number of hydrogen-bond acceptors (Lipinski definition) is 5. The zero-order valence-electron chi connectivity index (χ0n) is 18.0. The molecule has 4 rings (SSSR count). The van der Waals surface area contributed by atoms with Crippen LogP contribution in [0.1, 0.15) is 15.9 Å². The van der Waals surface area contributed by atoms with E-state index < -0.39 is 33.6 Å². The number of fused-ring (bicyclic) bond motifs is 1. The third-order valence-corrected chi connectivity index (χ3v) is 7.33. The van der Waals surface area contributed by atoms with Crippen LogP contribution in [0, 0.1) is 11.8 Å². The second-order valence-corrected chi connectivity index (χ2v) is 10.6. The lowest BCUT2D eigenvalue weighted by Gasteiger charge is -2.26. The molecule has 0 unspecified atom stereocenters. The minimum Gasteiger partial charge on any atom is -0.478 e. The summed E-state index contributed by atoms with van der Waals surface area (Å²) in [6.45, 7) is 1.35. The maximum atomic E-state index is 13.4. The van der Waals surface area contributed by atoms with Gasteiger partial charge in [0.2, 0.25) is 0 Å². The average Bonchev–Trinajstić information content (AvgIpc) is 3.32. The third kappa shape index (κ3) is 4.67. The molecule has 0 bridgehead atoms. The number of sulfone groups is 1. The maximum absolute atomic E-state index is 13.4. The quantitative estimate of drug-likeness (QED) is 0.671. The Kier molecular flexibility index (Phi) is 5.96. The number of para-hydroxylation sites is 1. The standard InChI is InChI=1S/C22H22F3N3O5S/c1-34(32,33)15-6-7-18(16(8-15)20(29)30)26-21(31)28-11-13-9-27(10-14(13)12-28)19-5-3-2-4-17(19)22(23,24)25/h2-8,13-14H,9-12H2,1H3,(H,26,31)(H,29,30)/t13-,14+. The molecule has 2 aromatic carbocycles. The van der Waals surface area contributed by atoms with Crippen LogP contribution in [-0.2, 0) is 16.0 Å². The van der Waals surface area contributed by atoms with Crippen molar-refractivity contribution in [3.05, 3.63) is 53.6 Å². The number of rotatable bonds is 4. The molecular weight excluding hydrogens is 475 g/mol. The van der Waals surface area contributed by atoms with Gasteiger partial charge in [0.1, 0.15) is 0 Å². The highest BCUT2D eigenvalue weighted by molar-refractivity contribution is 7.90. The number of carbonyl (C=O) groups excluding carboxylic acids is 1. The summed E-state index contributed by atoms with van der Waals surface area (Å²) in [5.74, 6) is -1.45. The largest absolute Gasteiger partial charge is 0.478 e. The smallest absolute Gasteiger partial charge is 0.418 e. The number of hydrogen-bond donors (Lipinski definition) is 2.